The molecule has 0 spiro atoms. The first-order valence-corrected chi connectivity index (χ1v) is 41.5. The first-order valence-electron chi connectivity index (χ1n) is 41.5. The Balaban J connectivity index is 0.000000482. The van der Waals surface area contributed by atoms with E-state index in [2.05, 4.69) is 381 Å². The average molecular weight is 1440 g/mol. The fraction of sp³-hybridized carbons (Fsp3) is 0.248. The third-order valence-electron chi connectivity index (χ3n) is 16.1. The minimum Gasteiger partial charge on any atom is -0.0683 e. The maximum absolute atomic E-state index is 2.31. The molecule has 0 radical (unpaired) electrons. The van der Waals surface area contributed by atoms with Crippen molar-refractivity contribution in [1.82, 2.24) is 0 Å². The number of benzene rings is 16. The Hall–Kier alpha value is -10.7. The van der Waals surface area contributed by atoms with Crippen molar-refractivity contribution in [2.24, 2.45) is 0 Å². The number of fused-ring (bicyclic) bond motifs is 7. The standard InChI is InChI=1S/2C30H20.C22H16.3C3H8.9C2H6/c1-3-11-27-21(7-1)9-5-13-29(27)25-17-15-24-20-26(18-16-23(24)19-25)30-14-6-10-22-8-2-4-12-28(22)30;1-3-7-23-17-25(11-9-21(23)5-1)27-13-15-30-20-28(14-16-29(30)19-27)26-12-10-22-6-2-4-8-24(22)18-26;1-3-7-17(8-4-1)19-11-13-22-16-20(12-14-21(22)15-19)18-9-5-2-6-10-18;3*1-3-2;9*1-2/h2*1-20H;1-16H;3*3H2,1-2H3;9*1-2H3. The smallest absolute Gasteiger partial charge is 0.0105 e. The Kier molecular flexibility index (Phi) is 49.0. The van der Waals surface area contributed by atoms with Crippen LogP contribution in [0, 0.1) is 0 Å². The van der Waals surface area contributed by atoms with Crippen molar-refractivity contribution in [3.05, 3.63) is 340 Å². The van der Waals surface area contributed by atoms with Crippen molar-refractivity contribution in [3.8, 4) is 66.8 Å². The number of rotatable bonds is 6. The van der Waals surface area contributed by atoms with Crippen LogP contribution in [0.2, 0.25) is 0 Å². The van der Waals surface area contributed by atoms with Gasteiger partial charge in [0.15, 0.2) is 0 Å². The molecule has 0 amide bonds. The van der Waals surface area contributed by atoms with E-state index in [4.69, 9.17) is 0 Å². The summed E-state index contributed by atoms with van der Waals surface area (Å²) in [6.07, 6.45) is 3.75. The van der Waals surface area contributed by atoms with Crippen molar-refractivity contribution in [2.75, 3.05) is 0 Å². The summed E-state index contributed by atoms with van der Waals surface area (Å²) in [5.74, 6) is 0. The largest absolute Gasteiger partial charge is 0.0683 e. The minimum absolute atomic E-state index is 1.25. The van der Waals surface area contributed by atoms with Gasteiger partial charge in [-0.2, -0.15) is 0 Å². The number of hydrogen-bond acceptors (Lipinski definition) is 0. The Labute approximate surface area is 663 Å². The van der Waals surface area contributed by atoms with Gasteiger partial charge in [-0.15, -0.1) is 0 Å². The lowest BCUT2D eigenvalue weighted by atomic mass is 9.93. The molecular formula is C109H134. The monoisotopic (exact) mass is 1440 g/mol. The van der Waals surface area contributed by atoms with Crippen LogP contribution in [0.25, 0.3) is 142 Å². The summed E-state index contributed by atoms with van der Waals surface area (Å²) in [7, 11) is 0. The molecule has 0 aliphatic carbocycles. The van der Waals surface area contributed by atoms with E-state index in [-0.39, 0.29) is 0 Å². The Morgan fingerprint density at radius 1 is 0.128 bits per heavy atom. The second-order valence-corrected chi connectivity index (χ2v) is 23.4. The topological polar surface area (TPSA) is 0 Å². The van der Waals surface area contributed by atoms with Gasteiger partial charge in [0.1, 0.15) is 0 Å². The summed E-state index contributed by atoms with van der Waals surface area (Å²) >= 11 is 0. The van der Waals surface area contributed by atoms with Crippen molar-refractivity contribution >= 4 is 75.4 Å². The normalized spacial score (nSPS) is 9.39. The first kappa shape index (κ1) is 94.4. The van der Waals surface area contributed by atoms with Gasteiger partial charge in [-0.05, 0) is 191 Å². The van der Waals surface area contributed by atoms with Gasteiger partial charge in [0.2, 0.25) is 0 Å². The molecule has 16 rings (SSSR count). The summed E-state index contributed by atoms with van der Waals surface area (Å²) in [4.78, 5) is 0. The molecule has 0 saturated heterocycles. The van der Waals surface area contributed by atoms with E-state index >= 15 is 0 Å². The van der Waals surface area contributed by atoms with Crippen LogP contribution in [0.1, 0.15) is 185 Å². The molecular weight excluding hydrogens is 1310 g/mol. The lowest BCUT2D eigenvalue weighted by Crippen LogP contribution is -1.84. The van der Waals surface area contributed by atoms with E-state index in [1.165, 1.54) is 161 Å². The van der Waals surface area contributed by atoms with Gasteiger partial charge in [-0.3, -0.25) is 0 Å². The Morgan fingerprint density at radius 3 is 0.550 bits per heavy atom. The highest BCUT2D eigenvalue weighted by Gasteiger charge is 2.10. The molecule has 16 aromatic rings. The summed E-state index contributed by atoms with van der Waals surface area (Å²) in [6, 6.07) is 122. The van der Waals surface area contributed by atoms with Crippen LogP contribution in [0.15, 0.2) is 340 Å². The van der Waals surface area contributed by atoms with Crippen LogP contribution in [-0.4, -0.2) is 0 Å². The minimum atomic E-state index is 1.25. The van der Waals surface area contributed by atoms with Crippen molar-refractivity contribution in [1.29, 1.82) is 0 Å². The maximum atomic E-state index is 2.31. The van der Waals surface area contributed by atoms with Gasteiger partial charge in [-0.1, -0.05) is 477 Å². The number of hydrogen-bond donors (Lipinski definition) is 0. The highest BCUT2D eigenvalue weighted by Crippen LogP contribution is 2.36. The van der Waals surface area contributed by atoms with Crippen LogP contribution >= 0.6 is 0 Å². The van der Waals surface area contributed by atoms with Gasteiger partial charge in [0, 0.05) is 0 Å². The fourth-order valence-corrected chi connectivity index (χ4v) is 11.7. The van der Waals surface area contributed by atoms with Crippen LogP contribution in [0.3, 0.4) is 0 Å². The van der Waals surface area contributed by atoms with Gasteiger partial charge in [0.25, 0.3) is 0 Å². The third-order valence-corrected chi connectivity index (χ3v) is 16.1. The molecule has 0 heterocycles. The molecule has 0 unspecified atom stereocenters. The Morgan fingerprint density at radius 2 is 0.294 bits per heavy atom. The maximum Gasteiger partial charge on any atom is -0.0105 e. The van der Waals surface area contributed by atoms with E-state index < -0.39 is 0 Å². The van der Waals surface area contributed by atoms with Crippen LogP contribution in [0.4, 0.5) is 0 Å². The van der Waals surface area contributed by atoms with Gasteiger partial charge < -0.3 is 0 Å². The zero-order valence-corrected chi connectivity index (χ0v) is 71.5. The van der Waals surface area contributed by atoms with E-state index in [1.54, 1.807) is 0 Å². The van der Waals surface area contributed by atoms with Crippen LogP contribution in [0.5, 0.6) is 0 Å². The average Bonchev–Trinajstić information content (AvgIpc) is 0.794. The predicted octanol–water partition coefficient (Wildman–Crippen LogP) is 36.6. The summed E-state index contributed by atoms with van der Waals surface area (Å²) in [6.45, 7) is 48.8. The highest BCUT2D eigenvalue weighted by molar-refractivity contribution is 6.02. The first-order chi connectivity index (χ1) is 53.8. The van der Waals surface area contributed by atoms with Crippen molar-refractivity contribution in [3.63, 3.8) is 0 Å². The molecule has 0 aromatic heterocycles. The molecule has 0 bridgehead atoms. The second-order valence-electron chi connectivity index (χ2n) is 23.4. The van der Waals surface area contributed by atoms with Crippen LogP contribution in [-0.2, 0) is 0 Å². The molecule has 0 atom stereocenters. The van der Waals surface area contributed by atoms with E-state index in [0.717, 1.165) is 0 Å². The van der Waals surface area contributed by atoms with Gasteiger partial charge in [0.05, 0.1) is 0 Å². The zero-order chi connectivity index (χ0) is 80.7. The lowest BCUT2D eigenvalue weighted by Gasteiger charge is -2.11. The van der Waals surface area contributed by atoms with Crippen LogP contribution < -0.4 is 0 Å². The molecule has 570 valence electrons. The van der Waals surface area contributed by atoms with Gasteiger partial charge >= 0.3 is 0 Å². The lowest BCUT2D eigenvalue weighted by molar-refractivity contribution is 1.09. The second kappa shape index (κ2) is 56.6. The quantitative estimate of drug-likeness (QED) is 0.156. The molecule has 0 aliphatic rings. The summed E-state index contributed by atoms with van der Waals surface area (Å²) in [5.41, 5.74) is 15.2. The zero-order valence-electron chi connectivity index (χ0n) is 71.5. The molecule has 0 saturated carbocycles. The third kappa shape index (κ3) is 28.1. The molecule has 0 heteroatoms. The summed E-state index contributed by atoms with van der Waals surface area (Å²) in [5, 5.41) is 17.9. The van der Waals surface area contributed by atoms with E-state index in [0.29, 0.717) is 0 Å². The summed E-state index contributed by atoms with van der Waals surface area (Å²) < 4.78 is 0. The van der Waals surface area contributed by atoms with E-state index in [9.17, 15) is 0 Å². The van der Waals surface area contributed by atoms with Gasteiger partial charge in [-0.25, -0.2) is 0 Å². The fourth-order valence-electron chi connectivity index (χ4n) is 11.7. The molecule has 109 heavy (non-hydrogen) atoms. The Bertz CT molecular complexity index is 4700. The van der Waals surface area contributed by atoms with E-state index in [1.807, 2.05) is 125 Å². The van der Waals surface area contributed by atoms with Crippen molar-refractivity contribution < 1.29 is 0 Å². The molecule has 16 aromatic carbocycles. The molecule has 0 nitrogen and oxygen atoms in total. The molecule has 0 fully saturated rings. The molecule has 0 aliphatic heterocycles. The SMILES string of the molecule is CC.CC.CC.CC.CC.CC.CC.CC.CC.CCC.CCC.CCC.c1ccc(-c2ccc3cc(-c4ccccc4)ccc3c2)cc1.c1ccc2c(-c3ccc4cc(-c5cccc6ccccc56)ccc4c3)cccc2c1.c1ccc2cc(-c3ccc4cc(-c5ccc6ccccc6c5)ccc4c3)ccc2c1. The van der Waals surface area contributed by atoms with Crippen molar-refractivity contribution in [2.45, 2.75) is 185 Å². The highest BCUT2D eigenvalue weighted by atomic mass is 14.1. The molecule has 0 N–H and O–H groups in total. The predicted molar refractivity (Wildman–Crippen MR) is 505 cm³/mol.